The number of nitrogens with zero attached hydrogens (tertiary/aromatic N) is 2. The molecule has 0 saturated carbocycles. The van der Waals surface area contributed by atoms with Crippen molar-refractivity contribution in [3.8, 4) is 11.5 Å². The molecule has 0 aliphatic rings. The minimum absolute atomic E-state index is 0.168. The van der Waals surface area contributed by atoms with Crippen LogP contribution in [0.2, 0.25) is 5.02 Å². The average molecular weight is 400 g/mol. The first kappa shape index (κ1) is 19.8. The van der Waals surface area contributed by atoms with Crippen LogP contribution in [0.4, 0.5) is 0 Å². The largest absolute Gasteiger partial charge is 0.496 e. The molecular formula is C21H22ClN3O3. The molecule has 0 radical (unpaired) electrons. The summed E-state index contributed by atoms with van der Waals surface area (Å²) in [5.41, 5.74) is 3.32. The van der Waals surface area contributed by atoms with Crippen LogP contribution in [0.15, 0.2) is 48.7 Å². The summed E-state index contributed by atoms with van der Waals surface area (Å²) in [7, 11) is 3.46. The van der Waals surface area contributed by atoms with Gasteiger partial charge in [-0.25, -0.2) is 0 Å². The Balaban J connectivity index is 1.69. The summed E-state index contributed by atoms with van der Waals surface area (Å²) >= 11 is 5.89. The highest BCUT2D eigenvalue weighted by Gasteiger charge is 2.12. The van der Waals surface area contributed by atoms with Crippen LogP contribution in [0.5, 0.6) is 11.5 Å². The molecule has 1 amide bonds. The van der Waals surface area contributed by atoms with E-state index in [0.717, 1.165) is 16.8 Å². The summed E-state index contributed by atoms with van der Waals surface area (Å²) in [6.07, 6.45) is 1.76. The molecule has 0 fully saturated rings. The highest BCUT2D eigenvalue weighted by atomic mass is 35.5. The van der Waals surface area contributed by atoms with E-state index in [9.17, 15) is 4.79 Å². The van der Waals surface area contributed by atoms with Crippen molar-refractivity contribution in [1.82, 2.24) is 15.1 Å². The van der Waals surface area contributed by atoms with E-state index in [1.54, 1.807) is 60.5 Å². The number of amides is 1. The first-order chi connectivity index (χ1) is 13.5. The first-order valence-corrected chi connectivity index (χ1v) is 9.16. The van der Waals surface area contributed by atoms with Crippen LogP contribution in [0.3, 0.4) is 0 Å². The van der Waals surface area contributed by atoms with Gasteiger partial charge in [0.15, 0.2) is 0 Å². The SMILES string of the molecule is COc1ccc(C(=O)NCc2cnn(C)c2C)cc1COc1ccc(Cl)cc1. The number of halogens is 1. The van der Waals surface area contributed by atoms with E-state index in [1.807, 2.05) is 14.0 Å². The lowest BCUT2D eigenvalue weighted by atomic mass is 10.1. The van der Waals surface area contributed by atoms with Gasteiger partial charge in [-0.15, -0.1) is 0 Å². The second-order valence-corrected chi connectivity index (χ2v) is 6.77. The zero-order chi connectivity index (χ0) is 20.1. The molecule has 1 heterocycles. The van der Waals surface area contributed by atoms with Crippen molar-refractivity contribution in [3.05, 3.63) is 76.1 Å². The van der Waals surface area contributed by atoms with Crippen LogP contribution < -0.4 is 14.8 Å². The van der Waals surface area contributed by atoms with Gasteiger partial charge in [-0.3, -0.25) is 9.48 Å². The second kappa shape index (κ2) is 8.80. The Morgan fingerprint density at radius 1 is 1.18 bits per heavy atom. The van der Waals surface area contributed by atoms with Crippen LogP contribution >= 0.6 is 11.6 Å². The number of hydrogen-bond donors (Lipinski definition) is 1. The van der Waals surface area contributed by atoms with Gasteiger partial charge in [0.2, 0.25) is 0 Å². The highest BCUT2D eigenvalue weighted by molar-refractivity contribution is 6.30. The standard InChI is InChI=1S/C21H22ClN3O3/c1-14-17(12-24-25(14)2)11-23-21(26)15-4-9-20(27-3)16(10-15)13-28-19-7-5-18(22)6-8-19/h4-10,12H,11,13H2,1-3H3,(H,23,26). The third kappa shape index (κ3) is 4.64. The van der Waals surface area contributed by atoms with Gasteiger partial charge in [-0.05, 0) is 49.4 Å². The zero-order valence-corrected chi connectivity index (χ0v) is 16.8. The van der Waals surface area contributed by atoms with Crippen LogP contribution in [0.25, 0.3) is 0 Å². The van der Waals surface area contributed by atoms with Crippen LogP contribution in [0.1, 0.15) is 27.2 Å². The van der Waals surface area contributed by atoms with Gasteiger partial charge in [0.25, 0.3) is 5.91 Å². The molecule has 0 aliphatic heterocycles. The minimum atomic E-state index is -0.168. The van der Waals surface area contributed by atoms with E-state index in [2.05, 4.69) is 10.4 Å². The number of rotatable bonds is 7. The highest BCUT2D eigenvalue weighted by Crippen LogP contribution is 2.23. The van der Waals surface area contributed by atoms with E-state index in [1.165, 1.54) is 0 Å². The topological polar surface area (TPSA) is 65.4 Å². The molecule has 146 valence electrons. The molecule has 0 atom stereocenters. The fourth-order valence-corrected chi connectivity index (χ4v) is 2.85. The minimum Gasteiger partial charge on any atom is -0.496 e. The van der Waals surface area contributed by atoms with Crippen molar-refractivity contribution in [2.24, 2.45) is 7.05 Å². The van der Waals surface area contributed by atoms with Gasteiger partial charge >= 0.3 is 0 Å². The van der Waals surface area contributed by atoms with Crippen LogP contribution in [0, 0.1) is 6.92 Å². The number of carbonyl (C=O) groups excluding carboxylic acids is 1. The lowest BCUT2D eigenvalue weighted by molar-refractivity contribution is 0.0950. The quantitative estimate of drug-likeness (QED) is 0.654. The molecule has 3 rings (SSSR count). The molecular weight excluding hydrogens is 378 g/mol. The fourth-order valence-electron chi connectivity index (χ4n) is 2.72. The Hall–Kier alpha value is -2.99. The van der Waals surface area contributed by atoms with E-state index >= 15 is 0 Å². The van der Waals surface area contributed by atoms with Gasteiger partial charge in [-0.1, -0.05) is 11.6 Å². The first-order valence-electron chi connectivity index (χ1n) is 8.79. The number of nitrogens with one attached hydrogen (secondary N) is 1. The average Bonchev–Trinajstić information content (AvgIpc) is 3.03. The molecule has 0 saturated heterocycles. The van der Waals surface area contributed by atoms with Crippen molar-refractivity contribution < 1.29 is 14.3 Å². The third-order valence-electron chi connectivity index (χ3n) is 4.53. The van der Waals surface area contributed by atoms with E-state index in [0.29, 0.717) is 28.6 Å². The maximum atomic E-state index is 12.6. The smallest absolute Gasteiger partial charge is 0.251 e. The Morgan fingerprint density at radius 3 is 2.57 bits per heavy atom. The molecule has 0 aliphatic carbocycles. The zero-order valence-electron chi connectivity index (χ0n) is 16.0. The van der Waals surface area contributed by atoms with Gasteiger partial charge in [0.1, 0.15) is 18.1 Å². The summed E-state index contributed by atoms with van der Waals surface area (Å²) < 4.78 is 13.0. The van der Waals surface area contributed by atoms with Crippen LogP contribution in [-0.2, 0) is 20.2 Å². The predicted molar refractivity (Wildman–Crippen MR) is 108 cm³/mol. The molecule has 0 unspecified atom stereocenters. The number of carbonyl (C=O) groups is 1. The number of benzene rings is 2. The van der Waals surface area contributed by atoms with Gasteiger partial charge in [0.05, 0.1) is 13.3 Å². The second-order valence-electron chi connectivity index (χ2n) is 6.33. The Labute approximate surface area is 169 Å². The number of aromatic nitrogens is 2. The van der Waals surface area contributed by atoms with Gasteiger partial charge < -0.3 is 14.8 Å². The number of aryl methyl sites for hydroxylation is 1. The van der Waals surface area contributed by atoms with E-state index < -0.39 is 0 Å². The van der Waals surface area contributed by atoms with Gasteiger partial charge in [-0.2, -0.15) is 5.10 Å². The van der Waals surface area contributed by atoms with Crippen molar-refractivity contribution in [1.29, 1.82) is 0 Å². The molecule has 3 aromatic rings. The van der Waals surface area contributed by atoms with Crippen molar-refractivity contribution in [2.45, 2.75) is 20.1 Å². The number of methoxy groups -OCH3 is 1. The predicted octanol–water partition coefficient (Wildman–Crippen LogP) is 3.90. The normalized spacial score (nSPS) is 10.6. The third-order valence-corrected chi connectivity index (χ3v) is 4.78. The Morgan fingerprint density at radius 2 is 1.93 bits per heavy atom. The summed E-state index contributed by atoms with van der Waals surface area (Å²) in [4.78, 5) is 12.6. The Kier molecular flexibility index (Phi) is 6.21. The molecule has 0 spiro atoms. The molecule has 0 bridgehead atoms. The summed E-state index contributed by atoms with van der Waals surface area (Å²) in [6, 6.07) is 12.4. The fraction of sp³-hybridized carbons (Fsp3) is 0.238. The number of ether oxygens (including phenoxy) is 2. The molecule has 1 N–H and O–H groups in total. The van der Waals surface area contributed by atoms with Crippen molar-refractivity contribution in [2.75, 3.05) is 7.11 Å². The molecule has 2 aromatic carbocycles. The van der Waals surface area contributed by atoms with E-state index in [4.69, 9.17) is 21.1 Å². The van der Waals surface area contributed by atoms with Crippen molar-refractivity contribution in [3.63, 3.8) is 0 Å². The summed E-state index contributed by atoms with van der Waals surface area (Å²) in [5.74, 6) is 1.18. The van der Waals surface area contributed by atoms with Gasteiger partial charge in [0, 0.05) is 41.0 Å². The summed E-state index contributed by atoms with van der Waals surface area (Å²) in [6.45, 7) is 2.66. The van der Waals surface area contributed by atoms with Crippen molar-refractivity contribution >= 4 is 17.5 Å². The Bertz CT molecular complexity index is 968. The molecule has 28 heavy (non-hydrogen) atoms. The lowest BCUT2D eigenvalue weighted by Gasteiger charge is -2.12. The monoisotopic (exact) mass is 399 g/mol. The lowest BCUT2D eigenvalue weighted by Crippen LogP contribution is -2.23. The van der Waals surface area contributed by atoms with Crippen LogP contribution in [-0.4, -0.2) is 22.8 Å². The molecule has 7 heteroatoms. The molecule has 6 nitrogen and oxygen atoms in total. The molecule has 1 aromatic heterocycles. The van der Waals surface area contributed by atoms with E-state index in [-0.39, 0.29) is 12.5 Å². The summed E-state index contributed by atoms with van der Waals surface area (Å²) in [5, 5.41) is 7.76. The maximum Gasteiger partial charge on any atom is 0.251 e. The maximum absolute atomic E-state index is 12.6. The number of hydrogen-bond acceptors (Lipinski definition) is 4.